The molecule has 32 heavy (non-hydrogen) atoms. The summed E-state index contributed by atoms with van der Waals surface area (Å²) in [5.41, 5.74) is 0.787. The molecule has 0 amide bonds. The van der Waals surface area contributed by atoms with Gasteiger partial charge in [-0.25, -0.2) is 17.6 Å². The first-order valence-electron chi connectivity index (χ1n) is 12.7. The van der Waals surface area contributed by atoms with Gasteiger partial charge in [-0.2, -0.15) is 0 Å². The average molecular weight is 449 g/mol. The van der Waals surface area contributed by atoms with Crippen molar-refractivity contribution in [3.05, 3.63) is 47.0 Å². The molecule has 0 bridgehead atoms. The van der Waals surface area contributed by atoms with E-state index >= 15 is 0 Å². The van der Waals surface area contributed by atoms with Crippen molar-refractivity contribution in [1.29, 1.82) is 0 Å². The van der Waals surface area contributed by atoms with Crippen LogP contribution >= 0.6 is 0 Å². The quantitative estimate of drug-likeness (QED) is 0.225. The third-order valence-electron chi connectivity index (χ3n) is 8.31. The molecule has 0 unspecified atom stereocenters. The maximum Gasteiger partial charge on any atom is 0.195 e. The van der Waals surface area contributed by atoms with E-state index in [1.165, 1.54) is 63.9 Å². The van der Waals surface area contributed by atoms with E-state index in [4.69, 9.17) is 0 Å². The van der Waals surface area contributed by atoms with Crippen LogP contribution in [-0.2, 0) is 0 Å². The van der Waals surface area contributed by atoms with Gasteiger partial charge in [-0.05, 0) is 85.3 Å². The molecule has 2 saturated carbocycles. The fourth-order valence-electron chi connectivity index (χ4n) is 6.38. The van der Waals surface area contributed by atoms with Gasteiger partial charge in [0.2, 0.25) is 0 Å². The minimum Gasteiger partial charge on any atom is -0.206 e. The molecule has 2 aliphatic rings. The van der Waals surface area contributed by atoms with Gasteiger partial charge in [0.05, 0.1) is 5.39 Å². The molecule has 2 aromatic carbocycles. The van der Waals surface area contributed by atoms with Crippen molar-refractivity contribution in [3.63, 3.8) is 0 Å². The van der Waals surface area contributed by atoms with Crippen molar-refractivity contribution in [2.45, 2.75) is 96.3 Å². The van der Waals surface area contributed by atoms with Crippen LogP contribution in [0.1, 0.15) is 102 Å². The second-order valence-corrected chi connectivity index (χ2v) is 10.3. The molecule has 4 heteroatoms. The van der Waals surface area contributed by atoms with Crippen molar-refractivity contribution in [2.75, 3.05) is 0 Å². The SMILES string of the molecule is CCCCCCC1CCC(C2CCC(c3cc(F)c4c(F)c(F)c(F)cc4c3)CC2)CC1. The molecule has 2 aromatic rings. The second-order valence-electron chi connectivity index (χ2n) is 10.3. The average Bonchev–Trinajstić information content (AvgIpc) is 2.80. The topological polar surface area (TPSA) is 0 Å². The Kier molecular flexibility index (Phi) is 7.78. The van der Waals surface area contributed by atoms with Crippen LogP contribution in [0, 0.1) is 41.0 Å². The van der Waals surface area contributed by atoms with Crippen molar-refractivity contribution in [3.8, 4) is 0 Å². The minimum atomic E-state index is -1.61. The third kappa shape index (κ3) is 5.15. The number of benzene rings is 2. The zero-order chi connectivity index (χ0) is 22.7. The predicted molar refractivity (Wildman–Crippen MR) is 123 cm³/mol. The van der Waals surface area contributed by atoms with Crippen LogP contribution < -0.4 is 0 Å². The van der Waals surface area contributed by atoms with Gasteiger partial charge in [0, 0.05) is 0 Å². The Morgan fingerprint density at radius 2 is 1.34 bits per heavy atom. The smallest absolute Gasteiger partial charge is 0.195 e. The van der Waals surface area contributed by atoms with Gasteiger partial charge in [0.15, 0.2) is 17.5 Å². The molecular weight excluding hydrogens is 412 g/mol. The molecule has 0 N–H and O–H groups in total. The lowest BCUT2D eigenvalue weighted by Gasteiger charge is -2.38. The monoisotopic (exact) mass is 448 g/mol. The lowest BCUT2D eigenvalue weighted by Crippen LogP contribution is -2.25. The first kappa shape index (κ1) is 23.6. The number of unbranched alkanes of at least 4 members (excludes halogenated alkanes) is 3. The van der Waals surface area contributed by atoms with Crippen molar-refractivity contribution in [1.82, 2.24) is 0 Å². The summed E-state index contributed by atoms with van der Waals surface area (Å²) in [6.07, 6.45) is 16.5. The highest BCUT2D eigenvalue weighted by molar-refractivity contribution is 5.84. The van der Waals surface area contributed by atoms with Crippen molar-refractivity contribution < 1.29 is 17.6 Å². The molecule has 0 atom stereocenters. The Balaban J connectivity index is 1.32. The molecule has 0 nitrogen and oxygen atoms in total. The fraction of sp³-hybridized carbons (Fsp3) is 0.643. The van der Waals surface area contributed by atoms with E-state index in [0.29, 0.717) is 0 Å². The van der Waals surface area contributed by atoms with Crippen molar-refractivity contribution in [2.24, 2.45) is 17.8 Å². The van der Waals surface area contributed by atoms with Gasteiger partial charge in [-0.1, -0.05) is 57.9 Å². The Morgan fingerprint density at radius 3 is 2.00 bits per heavy atom. The number of rotatable bonds is 7. The Hall–Kier alpha value is -1.58. The largest absolute Gasteiger partial charge is 0.206 e. The van der Waals surface area contributed by atoms with Crippen LogP contribution in [0.3, 0.4) is 0 Å². The zero-order valence-corrected chi connectivity index (χ0v) is 19.2. The van der Waals surface area contributed by atoms with Crippen molar-refractivity contribution >= 4 is 10.8 Å². The molecule has 176 valence electrons. The summed E-state index contributed by atoms with van der Waals surface area (Å²) in [5.74, 6) is -2.41. The Labute approximate surface area is 189 Å². The predicted octanol–water partition coefficient (Wildman–Crippen LogP) is 9.45. The number of hydrogen-bond donors (Lipinski definition) is 0. The molecule has 0 aromatic heterocycles. The van der Waals surface area contributed by atoms with Crippen LogP contribution in [0.25, 0.3) is 10.8 Å². The highest BCUT2D eigenvalue weighted by Gasteiger charge is 2.31. The lowest BCUT2D eigenvalue weighted by atomic mass is 9.68. The number of halogens is 4. The van der Waals surface area contributed by atoms with Gasteiger partial charge in [-0.3, -0.25) is 0 Å². The highest BCUT2D eigenvalue weighted by atomic mass is 19.2. The van der Waals surface area contributed by atoms with E-state index in [1.54, 1.807) is 6.07 Å². The molecule has 2 aliphatic carbocycles. The third-order valence-corrected chi connectivity index (χ3v) is 8.31. The van der Waals surface area contributed by atoms with E-state index < -0.39 is 28.7 Å². The Bertz CT molecular complexity index is 906. The number of fused-ring (bicyclic) bond motifs is 1. The molecule has 0 saturated heterocycles. The van der Waals surface area contributed by atoms with Crippen LogP contribution in [0.15, 0.2) is 18.2 Å². The van der Waals surface area contributed by atoms with Crippen LogP contribution in [0.2, 0.25) is 0 Å². The van der Waals surface area contributed by atoms with Crippen LogP contribution in [0.4, 0.5) is 17.6 Å². The van der Waals surface area contributed by atoms with Gasteiger partial charge in [0.1, 0.15) is 5.82 Å². The highest BCUT2D eigenvalue weighted by Crippen LogP contribution is 2.45. The first-order valence-corrected chi connectivity index (χ1v) is 12.7. The zero-order valence-electron chi connectivity index (χ0n) is 19.2. The lowest BCUT2D eigenvalue weighted by molar-refractivity contribution is 0.155. The minimum absolute atomic E-state index is 0.107. The maximum absolute atomic E-state index is 14.6. The van der Waals surface area contributed by atoms with E-state index in [2.05, 4.69) is 6.92 Å². The molecular formula is C28H36F4. The molecule has 4 rings (SSSR count). The standard InChI is InChI=1S/C28H36F4/c1-2-3-4-5-6-18-7-9-19(10-8-18)20-11-13-21(14-12-20)22-15-23-17-25(30)27(31)28(32)26(23)24(29)16-22/h15-21H,2-14H2,1H3. The summed E-state index contributed by atoms with van der Waals surface area (Å²) < 4.78 is 55.8. The summed E-state index contributed by atoms with van der Waals surface area (Å²) in [7, 11) is 0. The molecule has 0 heterocycles. The fourth-order valence-corrected chi connectivity index (χ4v) is 6.38. The van der Waals surface area contributed by atoms with E-state index in [1.807, 2.05) is 0 Å². The normalized spacial score (nSPS) is 26.5. The van der Waals surface area contributed by atoms with E-state index in [0.717, 1.165) is 55.1 Å². The first-order chi connectivity index (χ1) is 15.5. The summed E-state index contributed by atoms with van der Waals surface area (Å²) in [4.78, 5) is 0. The van der Waals surface area contributed by atoms with E-state index in [9.17, 15) is 17.6 Å². The summed E-state index contributed by atoms with van der Waals surface area (Å²) in [6, 6.07) is 3.89. The number of hydrogen-bond acceptors (Lipinski definition) is 0. The second kappa shape index (κ2) is 10.6. The summed E-state index contributed by atoms with van der Waals surface area (Å²) in [6.45, 7) is 2.26. The molecule has 0 spiro atoms. The summed E-state index contributed by atoms with van der Waals surface area (Å²) >= 11 is 0. The van der Waals surface area contributed by atoms with Gasteiger partial charge in [-0.15, -0.1) is 0 Å². The summed E-state index contributed by atoms with van der Waals surface area (Å²) in [5, 5.41) is -0.344. The van der Waals surface area contributed by atoms with Crippen LogP contribution in [-0.4, -0.2) is 0 Å². The van der Waals surface area contributed by atoms with Crippen LogP contribution in [0.5, 0.6) is 0 Å². The molecule has 2 fully saturated rings. The van der Waals surface area contributed by atoms with Gasteiger partial charge in [0.25, 0.3) is 0 Å². The van der Waals surface area contributed by atoms with Gasteiger partial charge >= 0.3 is 0 Å². The molecule has 0 aliphatic heterocycles. The maximum atomic E-state index is 14.6. The van der Waals surface area contributed by atoms with E-state index in [-0.39, 0.29) is 11.3 Å². The van der Waals surface area contributed by atoms with Gasteiger partial charge < -0.3 is 0 Å². The Morgan fingerprint density at radius 1 is 0.688 bits per heavy atom. The molecule has 0 radical (unpaired) electrons.